The zero-order valence-electron chi connectivity index (χ0n) is 16.2. The molecule has 0 unspecified atom stereocenters. The predicted molar refractivity (Wildman–Crippen MR) is 115 cm³/mol. The minimum Gasteiger partial charge on any atom is -0.493 e. The Labute approximate surface area is 164 Å². The Morgan fingerprint density at radius 2 is 1.61 bits per heavy atom. The highest BCUT2D eigenvalue weighted by molar-refractivity contribution is 5.97. The van der Waals surface area contributed by atoms with E-state index in [0.717, 1.165) is 39.0 Å². The van der Waals surface area contributed by atoms with Crippen LogP contribution in [-0.4, -0.2) is 19.2 Å². The van der Waals surface area contributed by atoms with E-state index < -0.39 is 0 Å². The van der Waals surface area contributed by atoms with Crippen LogP contribution in [0.2, 0.25) is 0 Å². The Kier molecular flexibility index (Phi) is 4.62. The lowest BCUT2D eigenvalue weighted by Crippen LogP contribution is -1.94. The third-order valence-electron chi connectivity index (χ3n) is 4.83. The number of ether oxygens (including phenoxy) is 2. The highest BCUT2D eigenvalue weighted by Crippen LogP contribution is 2.35. The molecule has 4 heteroatoms. The molecular formula is C24H22N2O2. The van der Waals surface area contributed by atoms with Gasteiger partial charge in [-0.05, 0) is 48.7 Å². The second-order valence-electron chi connectivity index (χ2n) is 6.78. The van der Waals surface area contributed by atoms with Crippen LogP contribution in [-0.2, 0) is 0 Å². The molecule has 4 nitrogen and oxygen atoms in total. The molecule has 0 saturated carbocycles. The van der Waals surface area contributed by atoms with Gasteiger partial charge in [0.25, 0.3) is 0 Å². The standard InChI is InChI=1S/C24H22N2O2/c1-15-7-9-20-18(11-15)13-21(16-8-10-22(27-2)23(14-16)28-3)26-24(20)17-5-4-6-19(25)12-17/h4-14H,25H2,1-3H3. The van der Waals surface area contributed by atoms with E-state index in [1.807, 2.05) is 42.5 Å². The van der Waals surface area contributed by atoms with Crippen LogP contribution in [0.1, 0.15) is 5.56 Å². The number of anilines is 1. The van der Waals surface area contributed by atoms with Crippen molar-refractivity contribution in [3.63, 3.8) is 0 Å². The fourth-order valence-electron chi connectivity index (χ4n) is 3.43. The van der Waals surface area contributed by atoms with Gasteiger partial charge in [-0.15, -0.1) is 0 Å². The lowest BCUT2D eigenvalue weighted by Gasteiger charge is -2.13. The van der Waals surface area contributed by atoms with E-state index in [-0.39, 0.29) is 0 Å². The SMILES string of the molecule is COc1ccc(-c2cc3cc(C)ccc3c(-c3cccc(N)c3)n2)cc1OC. The second-order valence-corrected chi connectivity index (χ2v) is 6.78. The monoisotopic (exact) mass is 370 g/mol. The fourth-order valence-corrected chi connectivity index (χ4v) is 3.43. The predicted octanol–water partition coefficient (Wildman–Crippen LogP) is 5.48. The first-order valence-electron chi connectivity index (χ1n) is 9.09. The van der Waals surface area contributed by atoms with Crippen LogP contribution >= 0.6 is 0 Å². The van der Waals surface area contributed by atoms with E-state index in [0.29, 0.717) is 11.5 Å². The molecule has 0 aliphatic carbocycles. The molecule has 0 spiro atoms. The van der Waals surface area contributed by atoms with E-state index in [1.54, 1.807) is 14.2 Å². The number of fused-ring (bicyclic) bond motifs is 1. The summed E-state index contributed by atoms with van der Waals surface area (Å²) in [7, 11) is 3.27. The topological polar surface area (TPSA) is 57.4 Å². The van der Waals surface area contributed by atoms with Crippen molar-refractivity contribution < 1.29 is 9.47 Å². The van der Waals surface area contributed by atoms with Crippen molar-refractivity contribution in [2.75, 3.05) is 20.0 Å². The highest BCUT2D eigenvalue weighted by Gasteiger charge is 2.12. The van der Waals surface area contributed by atoms with Gasteiger partial charge >= 0.3 is 0 Å². The summed E-state index contributed by atoms with van der Waals surface area (Å²) in [6, 6.07) is 22.2. The van der Waals surface area contributed by atoms with Crippen molar-refractivity contribution in [2.24, 2.45) is 0 Å². The first-order valence-corrected chi connectivity index (χ1v) is 9.09. The van der Waals surface area contributed by atoms with Gasteiger partial charge in [-0.3, -0.25) is 0 Å². The van der Waals surface area contributed by atoms with Gasteiger partial charge in [-0.25, -0.2) is 4.98 Å². The number of rotatable bonds is 4. The largest absolute Gasteiger partial charge is 0.493 e. The van der Waals surface area contributed by atoms with Crippen molar-refractivity contribution in [3.8, 4) is 34.0 Å². The summed E-state index contributed by atoms with van der Waals surface area (Å²) < 4.78 is 10.8. The van der Waals surface area contributed by atoms with Crippen molar-refractivity contribution >= 4 is 16.5 Å². The molecular weight excluding hydrogens is 348 g/mol. The zero-order valence-corrected chi connectivity index (χ0v) is 16.2. The van der Waals surface area contributed by atoms with Crippen LogP contribution in [0.25, 0.3) is 33.3 Å². The maximum absolute atomic E-state index is 6.02. The molecule has 4 rings (SSSR count). The molecule has 0 amide bonds. The van der Waals surface area contributed by atoms with Gasteiger partial charge in [-0.1, -0.05) is 35.9 Å². The molecule has 0 fully saturated rings. The number of nitrogen functional groups attached to an aromatic ring is 1. The van der Waals surface area contributed by atoms with Gasteiger partial charge in [0.05, 0.1) is 25.6 Å². The number of hydrogen-bond donors (Lipinski definition) is 1. The maximum atomic E-state index is 6.02. The average molecular weight is 370 g/mol. The number of nitrogens with zero attached hydrogens (tertiary/aromatic N) is 1. The molecule has 4 aromatic rings. The number of methoxy groups -OCH3 is 2. The van der Waals surface area contributed by atoms with E-state index in [9.17, 15) is 0 Å². The number of aryl methyl sites for hydroxylation is 1. The fraction of sp³-hybridized carbons (Fsp3) is 0.125. The Morgan fingerprint density at radius 1 is 0.786 bits per heavy atom. The minimum atomic E-state index is 0.677. The van der Waals surface area contributed by atoms with Gasteiger partial charge in [0.2, 0.25) is 0 Å². The lowest BCUT2D eigenvalue weighted by molar-refractivity contribution is 0.355. The molecule has 1 heterocycles. The van der Waals surface area contributed by atoms with Gasteiger partial charge in [-0.2, -0.15) is 0 Å². The summed E-state index contributed by atoms with van der Waals surface area (Å²) in [6.45, 7) is 2.09. The second kappa shape index (κ2) is 7.24. The molecule has 28 heavy (non-hydrogen) atoms. The van der Waals surface area contributed by atoms with E-state index in [2.05, 4.69) is 31.2 Å². The molecule has 3 aromatic carbocycles. The van der Waals surface area contributed by atoms with Crippen LogP contribution in [0.3, 0.4) is 0 Å². The first-order chi connectivity index (χ1) is 13.6. The van der Waals surface area contributed by atoms with Crippen LogP contribution < -0.4 is 15.2 Å². The van der Waals surface area contributed by atoms with Crippen molar-refractivity contribution in [2.45, 2.75) is 6.92 Å². The van der Waals surface area contributed by atoms with E-state index in [4.69, 9.17) is 20.2 Å². The number of aromatic nitrogens is 1. The van der Waals surface area contributed by atoms with Crippen molar-refractivity contribution in [1.29, 1.82) is 0 Å². The van der Waals surface area contributed by atoms with Gasteiger partial charge < -0.3 is 15.2 Å². The first kappa shape index (κ1) is 17.9. The zero-order chi connectivity index (χ0) is 19.7. The summed E-state index contributed by atoms with van der Waals surface area (Å²) in [6.07, 6.45) is 0. The highest BCUT2D eigenvalue weighted by atomic mass is 16.5. The molecule has 0 saturated heterocycles. The summed E-state index contributed by atoms with van der Waals surface area (Å²) in [5, 5.41) is 2.23. The molecule has 0 atom stereocenters. The van der Waals surface area contributed by atoms with E-state index >= 15 is 0 Å². The van der Waals surface area contributed by atoms with E-state index in [1.165, 1.54) is 5.56 Å². The van der Waals surface area contributed by atoms with Crippen molar-refractivity contribution in [1.82, 2.24) is 4.98 Å². The maximum Gasteiger partial charge on any atom is 0.161 e. The Balaban J connectivity index is 1.98. The van der Waals surface area contributed by atoms with Crippen LogP contribution in [0, 0.1) is 6.92 Å². The smallest absolute Gasteiger partial charge is 0.161 e. The summed E-state index contributed by atoms with van der Waals surface area (Å²) in [5.74, 6) is 1.37. The Hall–Kier alpha value is -3.53. The molecule has 0 aliphatic rings. The Bertz CT molecular complexity index is 1170. The summed E-state index contributed by atoms with van der Waals surface area (Å²) >= 11 is 0. The van der Waals surface area contributed by atoms with Crippen molar-refractivity contribution in [3.05, 3.63) is 72.3 Å². The molecule has 140 valence electrons. The molecule has 0 aliphatic heterocycles. The average Bonchev–Trinajstić information content (AvgIpc) is 2.72. The summed E-state index contributed by atoms with van der Waals surface area (Å²) in [5.41, 5.74) is 11.7. The molecule has 0 radical (unpaired) electrons. The lowest BCUT2D eigenvalue weighted by atomic mass is 9.99. The molecule has 1 aromatic heterocycles. The number of nitrogens with two attached hydrogens (primary N) is 1. The number of hydrogen-bond acceptors (Lipinski definition) is 4. The molecule has 2 N–H and O–H groups in total. The quantitative estimate of drug-likeness (QED) is 0.484. The summed E-state index contributed by atoms with van der Waals surface area (Å²) in [4.78, 5) is 4.99. The normalized spacial score (nSPS) is 10.8. The third-order valence-corrected chi connectivity index (χ3v) is 4.83. The Morgan fingerprint density at radius 3 is 2.36 bits per heavy atom. The van der Waals surface area contributed by atoms with Crippen LogP contribution in [0.4, 0.5) is 5.69 Å². The van der Waals surface area contributed by atoms with Gasteiger partial charge in [0.1, 0.15) is 0 Å². The van der Waals surface area contributed by atoms with Gasteiger partial charge in [0, 0.05) is 22.2 Å². The minimum absolute atomic E-state index is 0.677. The third kappa shape index (κ3) is 3.25. The number of pyridine rings is 1. The van der Waals surface area contributed by atoms with Crippen LogP contribution in [0.5, 0.6) is 11.5 Å². The molecule has 0 bridgehead atoms. The van der Waals surface area contributed by atoms with Crippen LogP contribution in [0.15, 0.2) is 66.7 Å². The van der Waals surface area contributed by atoms with Gasteiger partial charge in [0.15, 0.2) is 11.5 Å². The number of benzene rings is 3.